The highest BCUT2D eigenvalue weighted by Crippen LogP contribution is 2.19. The summed E-state index contributed by atoms with van der Waals surface area (Å²) in [5.74, 6) is 0.0436. The maximum Gasteiger partial charge on any atom is 0.407 e. The molecule has 33 heavy (non-hydrogen) atoms. The first-order valence-corrected chi connectivity index (χ1v) is 12.6. The average Bonchev–Trinajstić information content (AvgIpc) is 2.72. The van der Waals surface area contributed by atoms with Crippen molar-refractivity contribution < 1.29 is 23.1 Å². The number of sulfonamides is 1. The third-order valence-corrected chi connectivity index (χ3v) is 6.65. The second-order valence-electron chi connectivity index (χ2n) is 9.54. The van der Waals surface area contributed by atoms with Crippen LogP contribution >= 0.6 is 0 Å². The first-order valence-electron chi connectivity index (χ1n) is 11.1. The number of hydrogen-bond donors (Lipinski definition) is 2. The van der Waals surface area contributed by atoms with Gasteiger partial charge in [-0.05, 0) is 50.8 Å². The Bertz CT molecular complexity index is 973. The van der Waals surface area contributed by atoms with Crippen molar-refractivity contribution in [2.45, 2.75) is 63.7 Å². The lowest BCUT2D eigenvalue weighted by Gasteiger charge is -2.31. The van der Waals surface area contributed by atoms with Crippen LogP contribution in [0.2, 0.25) is 0 Å². The van der Waals surface area contributed by atoms with E-state index >= 15 is 0 Å². The molecule has 2 aromatic carbocycles. The summed E-state index contributed by atoms with van der Waals surface area (Å²) in [6.07, 6.45) is -1.50. The van der Waals surface area contributed by atoms with Crippen molar-refractivity contribution in [2.24, 2.45) is 5.92 Å². The molecule has 2 aromatic rings. The minimum atomic E-state index is -3.83. The number of alkyl carbamates (subject to hydrolysis) is 1. The molecule has 8 heteroatoms. The quantitative estimate of drug-likeness (QED) is 0.543. The van der Waals surface area contributed by atoms with Gasteiger partial charge in [0.15, 0.2) is 0 Å². The number of nitrogens with one attached hydrogen (secondary N) is 1. The number of carbonyl (C=O) groups is 1. The fourth-order valence-corrected chi connectivity index (χ4v) is 5.01. The molecule has 0 aliphatic carbocycles. The van der Waals surface area contributed by atoms with Crippen molar-refractivity contribution >= 4 is 16.1 Å². The number of nitrogens with zero attached hydrogens (tertiary/aromatic N) is 1. The fraction of sp³-hybridized carbons (Fsp3) is 0.480. The van der Waals surface area contributed by atoms with E-state index in [9.17, 15) is 18.3 Å². The van der Waals surface area contributed by atoms with Gasteiger partial charge in [-0.1, -0.05) is 62.4 Å². The number of rotatable bonds is 10. The monoisotopic (exact) mass is 476 g/mol. The zero-order valence-corrected chi connectivity index (χ0v) is 20.9. The van der Waals surface area contributed by atoms with Gasteiger partial charge in [0.05, 0.1) is 17.0 Å². The molecule has 0 fully saturated rings. The highest BCUT2D eigenvalue weighted by molar-refractivity contribution is 7.89. The predicted molar refractivity (Wildman–Crippen MR) is 129 cm³/mol. The van der Waals surface area contributed by atoms with Crippen LogP contribution in [0.5, 0.6) is 0 Å². The van der Waals surface area contributed by atoms with Crippen LogP contribution in [0.25, 0.3) is 0 Å². The highest BCUT2D eigenvalue weighted by atomic mass is 32.2. The summed E-state index contributed by atoms with van der Waals surface area (Å²) in [5, 5.41) is 13.9. The van der Waals surface area contributed by atoms with Gasteiger partial charge in [0.1, 0.15) is 5.60 Å². The van der Waals surface area contributed by atoms with Crippen LogP contribution in [-0.4, -0.2) is 54.8 Å². The molecule has 0 saturated carbocycles. The van der Waals surface area contributed by atoms with Crippen molar-refractivity contribution in [2.75, 3.05) is 13.1 Å². The van der Waals surface area contributed by atoms with Gasteiger partial charge in [0.25, 0.3) is 0 Å². The Kier molecular flexibility index (Phi) is 9.46. The van der Waals surface area contributed by atoms with Crippen LogP contribution in [0.1, 0.15) is 40.2 Å². The maximum absolute atomic E-state index is 13.3. The lowest BCUT2D eigenvalue weighted by molar-refractivity contribution is 0.0400. The van der Waals surface area contributed by atoms with Gasteiger partial charge in [-0.3, -0.25) is 0 Å². The molecular weight excluding hydrogens is 440 g/mol. The molecule has 0 heterocycles. The molecule has 0 saturated heterocycles. The minimum absolute atomic E-state index is 0.0436. The number of carbonyl (C=O) groups excluding carboxylic acids is 1. The summed E-state index contributed by atoms with van der Waals surface area (Å²) >= 11 is 0. The molecule has 0 aliphatic rings. The molecule has 182 valence electrons. The number of hydrogen-bond acceptors (Lipinski definition) is 5. The molecule has 0 aromatic heterocycles. The van der Waals surface area contributed by atoms with Gasteiger partial charge in [-0.2, -0.15) is 4.31 Å². The SMILES string of the molecule is CC(C)CN(C[C@@H](O)[C@H](Cc1ccccc1)NC(=O)OC(C)(C)C)S(=O)(=O)c1ccccc1. The zero-order chi connectivity index (χ0) is 24.6. The van der Waals surface area contributed by atoms with Gasteiger partial charge < -0.3 is 15.2 Å². The summed E-state index contributed by atoms with van der Waals surface area (Å²) in [6.45, 7) is 9.17. The van der Waals surface area contributed by atoms with E-state index in [2.05, 4.69) is 5.32 Å². The summed E-state index contributed by atoms with van der Waals surface area (Å²) in [5.41, 5.74) is 0.200. The maximum atomic E-state index is 13.3. The summed E-state index contributed by atoms with van der Waals surface area (Å²) < 4.78 is 33.2. The van der Waals surface area contributed by atoms with Crippen molar-refractivity contribution in [3.63, 3.8) is 0 Å². The van der Waals surface area contributed by atoms with Gasteiger partial charge in [0, 0.05) is 13.1 Å². The third-order valence-electron chi connectivity index (χ3n) is 4.81. The first-order chi connectivity index (χ1) is 15.4. The van der Waals surface area contributed by atoms with Gasteiger partial charge in [-0.15, -0.1) is 0 Å². The molecule has 2 atom stereocenters. The van der Waals surface area contributed by atoms with Crippen molar-refractivity contribution in [3.05, 3.63) is 66.2 Å². The van der Waals surface area contributed by atoms with E-state index in [0.29, 0.717) is 6.42 Å². The van der Waals surface area contributed by atoms with Crippen molar-refractivity contribution in [1.29, 1.82) is 0 Å². The predicted octanol–water partition coefficient (Wildman–Crippen LogP) is 3.83. The highest BCUT2D eigenvalue weighted by Gasteiger charge is 2.32. The number of amides is 1. The first kappa shape index (κ1) is 26.8. The Morgan fingerprint density at radius 3 is 2.06 bits per heavy atom. The number of aliphatic hydroxyl groups excluding tert-OH is 1. The molecule has 0 unspecified atom stereocenters. The standard InChI is InChI=1S/C25H36N2O5S/c1-19(2)17-27(33(30,31)21-14-10-7-11-15-21)18-23(28)22(16-20-12-8-6-9-13-20)26-24(29)32-25(3,4)5/h6-15,19,22-23,28H,16-18H2,1-5H3,(H,26,29)/t22-,23+/m0/s1. The van der Waals surface area contributed by atoms with Crippen LogP contribution in [-0.2, 0) is 21.2 Å². The largest absolute Gasteiger partial charge is 0.444 e. The molecule has 0 radical (unpaired) electrons. The third kappa shape index (κ3) is 8.79. The smallest absolute Gasteiger partial charge is 0.407 e. The number of ether oxygens (including phenoxy) is 1. The van der Waals surface area contributed by atoms with Crippen molar-refractivity contribution in [1.82, 2.24) is 9.62 Å². The summed E-state index contributed by atoms with van der Waals surface area (Å²) in [4.78, 5) is 12.6. The topological polar surface area (TPSA) is 95.9 Å². The molecule has 0 aliphatic heterocycles. The molecule has 2 N–H and O–H groups in total. The van der Waals surface area contributed by atoms with Crippen LogP contribution in [0, 0.1) is 5.92 Å². The van der Waals surface area contributed by atoms with E-state index in [1.165, 1.54) is 16.4 Å². The van der Waals surface area contributed by atoms with Crippen LogP contribution < -0.4 is 5.32 Å². The molecular formula is C25H36N2O5S. The Labute approximate surface area is 197 Å². The normalized spacial score (nSPS) is 14.2. The van der Waals surface area contributed by atoms with Gasteiger partial charge in [-0.25, -0.2) is 13.2 Å². The second-order valence-corrected chi connectivity index (χ2v) is 11.5. The van der Waals surface area contributed by atoms with Crippen LogP contribution in [0.15, 0.2) is 65.6 Å². The zero-order valence-electron chi connectivity index (χ0n) is 20.1. The Balaban J connectivity index is 2.29. The minimum Gasteiger partial charge on any atom is -0.444 e. The Morgan fingerprint density at radius 2 is 1.55 bits per heavy atom. The summed E-state index contributed by atoms with van der Waals surface area (Å²) in [7, 11) is -3.83. The molecule has 1 amide bonds. The Morgan fingerprint density at radius 1 is 1.00 bits per heavy atom. The number of aliphatic hydroxyl groups is 1. The summed E-state index contributed by atoms with van der Waals surface area (Å²) in [6, 6.07) is 16.8. The van der Waals surface area contributed by atoms with Gasteiger partial charge >= 0.3 is 6.09 Å². The Hall–Kier alpha value is -2.42. The van der Waals surface area contributed by atoms with E-state index < -0.39 is 33.9 Å². The molecule has 2 rings (SSSR count). The second kappa shape index (κ2) is 11.6. The van der Waals surface area contributed by atoms with Crippen LogP contribution in [0.3, 0.4) is 0 Å². The van der Waals surface area contributed by atoms with E-state index in [4.69, 9.17) is 4.74 Å². The van der Waals surface area contributed by atoms with E-state index in [0.717, 1.165) is 5.56 Å². The molecule has 7 nitrogen and oxygen atoms in total. The van der Waals surface area contributed by atoms with Crippen molar-refractivity contribution in [3.8, 4) is 0 Å². The lowest BCUT2D eigenvalue weighted by atomic mass is 10.0. The van der Waals surface area contributed by atoms with Crippen LogP contribution in [0.4, 0.5) is 4.79 Å². The van der Waals surface area contributed by atoms with E-state index in [1.54, 1.807) is 39.0 Å². The number of benzene rings is 2. The molecule has 0 bridgehead atoms. The van der Waals surface area contributed by atoms with E-state index in [1.807, 2.05) is 44.2 Å². The van der Waals surface area contributed by atoms with Gasteiger partial charge in [0.2, 0.25) is 10.0 Å². The fourth-order valence-electron chi connectivity index (χ4n) is 3.37. The van der Waals surface area contributed by atoms with E-state index in [-0.39, 0.29) is 23.9 Å². The molecule has 0 spiro atoms. The average molecular weight is 477 g/mol. The lowest BCUT2D eigenvalue weighted by Crippen LogP contribution is -2.51.